The molecule has 0 saturated carbocycles. The standard InChI is InChI=1S/C18H19N3O5/c1-12-8-9-16(15(10-12)21(24)25)26-13(2)17(22)20-18(23)19-11-14-6-4-3-5-7-14/h3-10,13H,11H2,1-2H3,(H2,19,20,22,23)/t13-/m0/s1. The van der Waals surface area contributed by atoms with E-state index in [2.05, 4.69) is 10.6 Å². The molecule has 2 rings (SSSR count). The predicted octanol–water partition coefficient (Wildman–Crippen LogP) is 2.70. The van der Waals surface area contributed by atoms with Crippen molar-refractivity contribution in [3.8, 4) is 5.75 Å². The average molecular weight is 357 g/mol. The Kier molecular flexibility index (Phi) is 6.26. The maximum Gasteiger partial charge on any atom is 0.321 e. The molecule has 1 atom stereocenters. The van der Waals surface area contributed by atoms with Crippen LogP contribution < -0.4 is 15.4 Å². The fourth-order valence-electron chi connectivity index (χ4n) is 2.15. The number of hydrogen-bond donors (Lipinski definition) is 2. The van der Waals surface area contributed by atoms with Crippen LogP contribution in [0.2, 0.25) is 0 Å². The van der Waals surface area contributed by atoms with Crippen LogP contribution in [0.1, 0.15) is 18.1 Å². The minimum atomic E-state index is -1.08. The Bertz CT molecular complexity index is 808. The number of amides is 3. The Hall–Kier alpha value is -3.42. The second-order valence-electron chi connectivity index (χ2n) is 5.65. The molecule has 136 valence electrons. The first-order chi connectivity index (χ1) is 12.4. The molecule has 8 nitrogen and oxygen atoms in total. The van der Waals surface area contributed by atoms with E-state index in [0.29, 0.717) is 5.56 Å². The van der Waals surface area contributed by atoms with Gasteiger partial charge in [-0.2, -0.15) is 0 Å². The highest BCUT2D eigenvalue weighted by molar-refractivity contribution is 5.96. The Labute approximate surface area is 150 Å². The average Bonchev–Trinajstić information content (AvgIpc) is 2.62. The first-order valence-electron chi connectivity index (χ1n) is 7.91. The van der Waals surface area contributed by atoms with Crippen molar-refractivity contribution in [2.24, 2.45) is 0 Å². The summed E-state index contributed by atoms with van der Waals surface area (Å²) in [6.07, 6.45) is -1.08. The topological polar surface area (TPSA) is 111 Å². The van der Waals surface area contributed by atoms with Gasteiger partial charge in [0.15, 0.2) is 11.9 Å². The number of nitro groups is 1. The zero-order chi connectivity index (χ0) is 19.1. The van der Waals surface area contributed by atoms with Crippen molar-refractivity contribution in [3.05, 3.63) is 69.8 Å². The summed E-state index contributed by atoms with van der Waals surface area (Å²) in [5.41, 5.74) is 1.34. The lowest BCUT2D eigenvalue weighted by Crippen LogP contribution is -2.44. The van der Waals surface area contributed by atoms with Gasteiger partial charge in [0.1, 0.15) is 0 Å². The van der Waals surface area contributed by atoms with Gasteiger partial charge in [0.25, 0.3) is 5.91 Å². The van der Waals surface area contributed by atoms with Crippen LogP contribution in [0.3, 0.4) is 0 Å². The molecule has 2 aromatic rings. The van der Waals surface area contributed by atoms with Crippen molar-refractivity contribution in [3.63, 3.8) is 0 Å². The molecule has 0 spiro atoms. The molecule has 0 fully saturated rings. The summed E-state index contributed by atoms with van der Waals surface area (Å²) >= 11 is 0. The lowest BCUT2D eigenvalue weighted by Gasteiger charge is -2.14. The molecule has 0 unspecified atom stereocenters. The number of rotatable bonds is 6. The van der Waals surface area contributed by atoms with Gasteiger partial charge in [0, 0.05) is 12.6 Å². The highest BCUT2D eigenvalue weighted by atomic mass is 16.6. The van der Waals surface area contributed by atoms with Crippen LogP contribution in [0.5, 0.6) is 5.75 Å². The summed E-state index contributed by atoms with van der Waals surface area (Å²) in [5.74, 6) is -0.738. The third-order valence-corrected chi connectivity index (χ3v) is 3.52. The molecule has 0 aromatic heterocycles. The molecule has 3 amide bonds. The number of imide groups is 1. The van der Waals surface area contributed by atoms with Gasteiger partial charge in [-0.05, 0) is 31.0 Å². The van der Waals surface area contributed by atoms with Gasteiger partial charge in [-0.25, -0.2) is 4.79 Å². The second kappa shape index (κ2) is 8.61. The molecule has 2 aromatic carbocycles. The van der Waals surface area contributed by atoms with Gasteiger partial charge in [0.05, 0.1) is 4.92 Å². The molecule has 0 aliphatic rings. The summed E-state index contributed by atoms with van der Waals surface area (Å²) in [6.45, 7) is 3.38. The molecule has 0 radical (unpaired) electrons. The molecule has 0 saturated heterocycles. The summed E-state index contributed by atoms with van der Waals surface area (Å²) < 4.78 is 5.35. The highest BCUT2D eigenvalue weighted by Crippen LogP contribution is 2.28. The Morgan fingerprint density at radius 2 is 1.88 bits per heavy atom. The van der Waals surface area contributed by atoms with Crippen molar-refractivity contribution in [1.82, 2.24) is 10.6 Å². The monoisotopic (exact) mass is 357 g/mol. The van der Waals surface area contributed by atoms with Gasteiger partial charge >= 0.3 is 11.7 Å². The van der Waals surface area contributed by atoms with Crippen molar-refractivity contribution in [2.45, 2.75) is 26.5 Å². The van der Waals surface area contributed by atoms with Crippen molar-refractivity contribution in [1.29, 1.82) is 0 Å². The smallest absolute Gasteiger partial charge is 0.321 e. The van der Waals surface area contributed by atoms with Crippen LogP contribution in [-0.2, 0) is 11.3 Å². The van der Waals surface area contributed by atoms with E-state index in [1.54, 1.807) is 13.0 Å². The molecule has 26 heavy (non-hydrogen) atoms. The fraction of sp³-hybridized carbons (Fsp3) is 0.222. The fourth-order valence-corrected chi connectivity index (χ4v) is 2.15. The summed E-state index contributed by atoms with van der Waals surface area (Å²) in [6, 6.07) is 13.0. The normalized spacial score (nSPS) is 11.3. The summed E-state index contributed by atoms with van der Waals surface area (Å²) in [7, 11) is 0. The molecule has 0 aliphatic heterocycles. The Balaban J connectivity index is 1.91. The van der Waals surface area contributed by atoms with Crippen LogP contribution in [0.25, 0.3) is 0 Å². The first-order valence-corrected chi connectivity index (χ1v) is 7.91. The predicted molar refractivity (Wildman–Crippen MR) is 94.7 cm³/mol. The lowest BCUT2D eigenvalue weighted by atomic mass is 10.2. The quantitative estimate of drug-likeness (QED) is 0.610. The SMILES string of the molecule is Cc1ccc(O[C@@H](C)C(=O)NC(=O)NCc2ccccc2)c([N+](=O)[O-])c1. The molecule has 2 N–H and O–H groups in total. The van der Waals surface area contributed by atoms with Crippen LogP contribution >= 0.6 is 0 Å². The Morgan fingerprint density at radius 1 is 1.19 bits per heavy atom. The Morgan fingerprint density at radius 3 is 2.54 bits per heavy atom. The molecule has 8 heteroatoms. The van der Waals surface area contributed by atoms with Gasteiger partial charge in [-0.15, -0.1) is 0 Å². The van der Waals surface area contributed by atoms with E-state index in [1.165, 1.54) is 19.1 Å². The second-order valence-corrected chi connectivity index (χ2v) is 5.65. The van der Waals surface area contributed by atoms with Crippen LogP contribution in [0.15, 0.2) is 48.5 Å². The summed E-state index contributed by atoms with van der Waals surface area (Å²) in [4.78, 5) is 34.3. The van der Waals surface area contributed by atoms with Gasteiger partial charge < -0.3 is 10.1 Å². The van der Waals surface area contributed by atoms with Crippen LogP contribution in [-0.4, -0.2) is 23.0 Å². The van der Waals surface area contributed by atoms with E-state index < -0.39 is 23.0 Å². The third-order valence-electron chi connectivity index (χ3n) is 3.52. The maximum atomic E-state index is 12.1. The minimum Gasteiger partial charge on any atom is -0.474 e. The number of carbonyl (C=O) groups excluding carboxylic acids is 2. The number of aryl methyl sites for hydroxylation is 1. The molecule has 0 bridgehead atoms. The molecule has 0 aliphatic carbocycles. The number of nitrogens with zero attached hydrogens (tertiary/aromatic N) is 1. The van der Waals surface area contributed by atoms with E-state index in [1.807, 2.05) is 30.3 Å². The maximum absolute atomic E-state index is 12.1. The minimum absolute atomic E-state index is 0.0343. The number of urea groups is 1. The van der Waals surface area contributed by atoms with Crippen molar-refractivity contribution in [2.75, 3.05) is 0 Å². The van der Waals surface area contributed by atoms with Crippen molar-refractivity contribution >= 4 is 17.6 Å². The zero-order valence-electron chi connectivity index (χ0n) is 14.4. The molecular formula is C18H19N3O5. The number of benzene rings is 2. The van der Waals surface area contributed by atoms with E-state index in [-0.39, 0.29) is 18.0 Å². The van der Waals surface area contributed by atoms with E-state index in [9.17, 15) is 19.7 Å². The third kappa shape index (κ3) is 5.30. The highest BCUT2D eigenvalue weighted by Gasteiger charge is 2.22. The molecule has 0 heterocycles. The molecular weight excluding hydrogens is 338 g/mol. The van der Waals surface area contributed by atoms with E-state index in [4.69, 9.17) is 4.74 Å². The number of hydrogen-bond acceptors (Lipinski definition) is 5. The van der Waals surface area contributed by atoms with Crippen LogP contribution in [0.4, 0.5) is 10.5 Å². The van der Waals surface area contributed by atoms with Crippen molar-refractivity contribution < 1.29 is 19.2 Å². The summed E-state index contributed by atoms with van der Waals surface area (Å²) in [5, 5.41) is 15.8. The number of ether oxygens (including phenoxy) is 1. The van der Waals surface area contributed by atoms with E-state index >= 15 is 0 Å². The van der Waals surface area contributed by atoms with Gasteiger partial charge in [-0.3, -0.25) is 20.2 Å². The first kappa shape index (κ1) is 18.9. The van der Waals surface area contributed by atoms with Crippen LogP contribution in [0, 0.1) is 17.0 Å². The van der Waals surface area contributed by atoms with Gasteiger partial charge in [0.2, 0.25) is 0 Å². The zero-order valence-corrected chi connectivity index (χ0v) is 14.4. The number of nitro benzene ring substituents is 1. The van der Waals surface area contributed by atoms with Gasteiger partial charge in [-0.1, -0.05) is 36.4 Å². The van der Waals surface area contributed by atoms with E-state index in [0.717, 1.165) is 5.56 Å². The lowest BCUT2D eigenvalue weighted by molar-refractivity contribution is -0.386. The number of nitrogens with one attached hydrogen (secondary N) is 2. The largest absolute Gasteiger partial charge is 0.474 e. The number of carbonyl (C=O) groups is 2.